The zero-order valence-electron chi connectivity index (χ0n) is 19.9. The molecule has 2 aliphatic heterocycles. The van der Waals surface area contributed by atoms with E-state index in [1.807, 2.05) is 11.8 Å². The molecule has 0 aromatic heterocycles. The van der Waals surface area contributed by atoms with Crippen molar-refractivity contribution in [2.24, 2.45) is 23.7 Å². The molecule has 5 heteroatoms. The highest BCUT2D eigenvalue weighted by Gasteiger charge is 2.60. The van der Waals surface area contributed by atoms with Gasteiger partial charge in [0.2, 0.25) is 0 Å². The van der Waals surface area contributed by atoms with Gasteiger partial charge < -0.3 is 4.90 Å². The van der Waals surface area contributed by atoms with Crippen LogP contribution in [-0.2, 0) is 17.6 Å². The van der Waals surface area contributed by atoms with Gasteiger partial charge in [0.15, 0.2) is 0 Å². The van der Waals surface area contributed by atoms with Gasteiger partial charge in [-0.2, -0.15) is 0 Å². The number of likely N-dealkylation sites (tertiary alicyclic amines) is 1. The summed E-state index contributed by atoms with van der Waals surface area (Å²) < 4.78 is 0. The normalized spacial score (nSPS) is 37.5. The Morgan fingerprint density at radius 2 is 1.45 bits per heavy atom. The van der Waals surface area contributed by atoms with Gasteiger partial charge in [-0.25, -0.2) is 4.79 Å². The van der Waals surface area contributed by atoms with Crippen molar-refractivity contribution in [2.45, 2.75) is 82.3 Å². The fraction of sp³-hybridized carbons (Fsp3) is 0.714. The first-order valence-electron chi connectivity index (χ1n) is 13.5. The van der Waals surface area contributed by atoms with Crippen molar-refractivity contribution in [2.75, 3.05) is 19.6 Å². The zero-order chi connectivity index (χ0) is 22.3. The fourth-order valence-electron chi connectivity index (χ4n) is 9.39. The summed E-state index contributed by atoms with van der Waals surface area (Å²) in [7, 11) is 0. The molecule has 0 atom stereocenters. The van der Waals surface area contributed by atoms with Crippen molar-refractivity contribution in [3.8, 4) is 0 Å². The third-order valence-corrected chi connectivity index (χ3v) is 10.5. The lowest BCUT2D eigenvalue weighted by Crippen LogP contribution is -2.62. The molecule has 1 aromatic rings. The minimum atomic E-state index is -0.608. The number of fused-ring (bicyclic) bond motifs is 1. The van der Waals surface area contributed by atoms with E-state index in [0.717, 1.165) is 68.5 Å². The molecule has 4 bridgehead atoms. The number of amides is 3. The Morgan fingerprint density at radius 1 is 0.879 bits per heavy atom. The Hall–Kier alpha value is -1.88. The van der Waals surface area contributed by atoms with Gasteiger partial charge >= 0.3 is 6.03 Å². The van der Waals surface area contributed by atoms with Crippen molar-refractivity contribution in [1.82, 2.24) is 14.7 Å². The largest absolute Gasteiger partial charge is 0.327 e. The van der Waals surface area contributed by atoms with E-state index in [9.17, 15) is 9.59 Å². The molecule has 2 heterocycles. The number of urea groups is 1. The van der Waals surface area contributed by atoms with Crippen LogP contribution in [0.25, 0.3) is 0 Å². The van der Waals surface area contributed by atoms with Crippen LogP contribution in [0, 0.1) is 23.7 Å². The summed E-state index contributed by atoms with van der Waals surface area (Å²) in [5.41, 5.74) is 1.98. The summed E-state index contributed by atoms with van der Waals surface area (Å²) in [6.45, 7) is 4.62. The van der Waals surface area contributed by atoms with Crippen LogP contribution in [0.15, 0.2) is 24.3 Å². The van der Waals surface area contributed by atoms with Gasteiger partial charge in [-0.05, 0) is 99.5 Å². The molecule has 2 saturated heterocycles. The van der Waals surface area contributed by atoms with Gasteiger partial charge in [0.05, 0.1) is 0 Å². The molecule has 1 spiro atoms. The molecule has 1 aromatic carbocycles. The highest BCUT2D eigenvalue weighted by atomic mass is 16.2. The first-order valence-corrected chi connectivity index (χ1v) is 13.5. The number of benzene rings is 1. The Bertz CT molecular complexity index is 928. The monoisotopic (exact) mass is 447 g/mol. The maximum atomic E-state index is 14.0. The summed E-state index contributed by atoms with van der Waals surface area (Å²) >= 11 is 0. The van der Waals surface area contributed by atoms with Crippen LogP contribution in [0.2, 0.25) is 0 Å². The second kappa shape index (κ2) is 7.31. The molecular formula is C28H37N3O2. The zero-order valence-corrected chi connectivity index (χ0v) is 19.9. The van der Waals surface area contributed by atoms with Crippen molar-refractivity contribution < 1.29 is 9.59 Å². The van der Waals surface area contributed by atoms with Crippen LogP contribution in [0.1, 0.15) is 63.0 Å². The Balaban J connectivity index is 1.10. The number of hydrogen-bond acceptors (Lipinski definition) is 3. The first kappa shape index (κ1) is 20.5. The smallest absolute Gasteiger partial charge is 0.310 e. The van der Waals surface area contributed by atoms with Crippen molar-refractivity contribution in [3.63, 3.8) is 0 Å². The number of nitrogens with zero attached hydrogens (tertiary/aromatic N) is 3. The van der Waals surface area contributed by atoms with Crippen LogP contribution in [0.4, 0.5) is 4.79 Å². The van der Waals surface area contributed by atoms with Crippen LogP contribution in [-0.4, -0.2) is 63.9 Å². The molecule has 33 heavy (non-hydrogen) atoms. The van der Waals surface area contributed by atoms with Gasteiger partial charge in [0, 0.05) is 31.7 Å². The van der Waals surface area contributed by atoms with Gasteiger partial charge in [0.1, 0.15) is 5.54 Å². The number of piperidine rings is 1. The second-order valence-corrected chi connectivity index (χ2v) is 12.0. The Labute approximate surface area is 197 Å². The van der Waals surface area contributed by atoms with E-state index in [1.165, 1.54) is 43.2 Å². The number of imide groups is 1. The molecule has 8 rings (SSSR count). The van der Waals surface area contributed by atoms with Gasteiger partial charge in [-0.3, -0.25) is 14.6 Å². The van der Waals surface area contributed by atoms with Crippen LogP contribution in [0.3, 0.4) is 0 Å². The van der Waals surface area contributed by atoms with Crippen LogP contribution in [0.5, 0.6) is 0 Å². The Morgan fingerprint density at radius 3 is 2.00 bits per heavy atom. The standard InChI is InChI=1S/C28H37N3O2/c1-2-30-27(33)31(24-16-20-5-3-4-6-21(20)17-24)26(32)28(30)7-9-29(10-8-28)25-22-12-18-11-19(14-22)15-23(25)13-18/h3-6,18-19,22-25H,2,7-17H2,1H3. The number of rotatable bonds is 3. The van der Waals surface area contributed by atoms with E-state index in [4.69, 9.17) is 0 Å². The molecule has 0 N–H and O–H groups in total. The first-order chi connectivity index (χ1) is 16.1. The summed E-state index contributed by atoms with van der Waals surface area (Å²) in [6, 6.07) is 9.11. The molecule has 0 unspecified atom stereocenters. The van der Waals surface area contributed by atoms with E-state index in [2.05, 4.69) is 29.2 Å². The topological polar surface area (TPSA) is 43.9 Å². The van der Waals surface area contributed by atoms with E-state index < -0.39 is 5.54 Å². The lowest BCUT2D eigenvalue weighted by Gasteiger charge is -2.58. The third kappa shape index (κ3) is 2.87. The molecule has 7 aliphatic rings. The fourth-order valence-corrected chi connectivity index (χ4v) is 9.39. The number of hydrogen-bond donors (Lipinski definition) is 0. The third-order valence-electron chi connectivity index (χ3n) is 10.5. The summed E-state index contributed by atoms with van der Waals surface area (Å²) in [5, 5.41) is 0. The summed E-state index contributed by atoms with van der Waals surface area (Å²) in [5.74, 6) is 3.85. The maximum absolute atomic E-state index is 14.0. The number of carbonyl (C=O) groups is 2. The highest BCUT2D eigenvalue weighted by Crippen LogP contribution is 2.56. The summed E-state index contributed by atoms with van der Waals surface area (Å²) in [4.78, 5) is 33.9. The van der Waals surface area contributed by atoms with E-state index in [1.54, 1.807) is 4.90 Å². The number of likely N-dealkylation sites (N-methyl/N-ethyl adjacent to an activating group) is 1. The molecule has 176 valence electrons. The SMILES string of the molecule is CCN1C(=O)N(C2Cc3ccccc3C2)C(=O)C12CCN(C1C3CC4CC(C3)CC1C4)CC2. The molecule has 0 radical (unpaired) electrons. The molecule has 6 fully saturated rings. The van der Waals surface area contributed by atoms with Crippen LogP contribution >= 0.6 is 0 Å². The van der Waals surface area contributed by atoms with Gasteiger partial charge in [-0.1, -0.05) is 24.3 Å². The predicted molar refractivity (Wildman–Crippen MR) is 127 cm³/mol. The van der Waals surface area contributed by atoms with Crippen molar-refractivity contribution in [3.05, 3.63) is 35.4 Å². The molecule has 3 amide bonds. The minimum absolute atomic E-state index is 0.0155. The summed E-state index contributed by atoms with van der Waals surface area (Å²) in [6.07, 6.45) is 10.5. The van der Waals surface area contributed by atoms with Crippen molar-refractivity contribution in [1.29, 1.82) is 0 Å². The molecule has 4 saturated carbocycles. The molecular weight excluding hydrogens is 410 g/mol. The minimum Gasteiger partial charge on any atom is -0.310 e. The second-order valence-electron chi connectivity index (χ2n) is 12.0. The Kier molecular flexibility index (Phi) is 4.54. The van der Waals surface area contributed by atoms with E-state index in [0.29, 0.717) is 6.54 Å². The van der Waals surface area contributed by atoms with Gasteiger partial charge in [0.25, 0.3) is 5.91 Å². The van der Waals surface area contributed by atoms with Crippen LogP contribution < -0.4 is 0 Å². The number of carbonyl (C=O) groups excluding carboxylic acids is 2. The van der Waals surface area contributed by atoms with Gasteiger partial charge in [-0.15, -0.1) is 0 Å². The highest BCUT2D eigenvalue weighted by molar-refractivity contribution is 6.07. The van der Waals surface area contributed by atoms with Crippen molar-refractivity contribution >= 4 is 11.9 Å². The average Bonchev–Trinajstić information content (AvgIpc) is 3.31. The molecule has 5 nitrogen and oxygen atoms in total. The quantitative estimate of drug-likeness (QED) is 0.656. The molecule has 5 aliphatic carbocycles. The lowest BCUT2D eigenvalue weighted by molar-refractivity contribution is -0.139. The lowest BCUT2D eigenvalue weighted by atomic mass is 9.53. The maximum Gasteiger partial charge on any atom is 0.327 e. The van der Waals surface area contributed by atoms with E-state index >= 15 is 0 Å². The average molecular weight is 448 g/mol. The van der Waals surface area contributed by atoms with E-state index in [-0.39, 0.29) is 18.0 Å². The predicted octanol–water partition coefficient (Wildman–Crippen LogP) is 4.10.